The van der Waals surface area contributed by atoms with Crippen molar-refractivity contribution >= 4 is 17.5 Å². The van der Waals surface area contributed by atoms with Gasteiger partial charge in [-0.25, -0.2) is 4.98 Å². The van der Waals surface area contributed by atoms with Crippen LogP contribution in [0.1, 0.15) is 19.4 Å². The summed E-state index contributed by atoms with van der Waals surface area (Å²) in [5, 5.41) is 9.16. The SMILES string of the molecule is CCOc1cc(-c2cccc(CC(C)C(=O)O)c2)ccc1-c1nc(N)c(N)c(=O)[nH]1. The minimum Gasteiger partial charge on any atom is -0.493 e. The monoisotopic (exact) mass is 408 g/mol. The molecule has 0 amide bonds. The Morgan fingerprint density at radius 1 is 1.20 bits per heavy atom. The Kier molecular flexibility index (Phi) is 6.06. The molecule has 1 heterocycles. The highest BCUT2D eigenvalue weighted by Gasteiger charge is 2.15. The maximum absolute atomic E-state index is 12.0. The molecule has 1 atom stereocenters. The summed E-state index contributed by atoms with van der Waals surface area (Å²) >= 11 is 0. The fraction of sp³-hybridized carbons (Fsp3) is 0.227. The lowest BCUT2D eigenvalue weighted by Gasteiger charge is -2.13. The van der Waals surface area contributed by atoms with E-state index in [9.17, 15) is 9.59 Å². The zero-order chi connectivity index (χ0) is 21.8. The third-order valence-electron chi connectivity index (χ3n) is 4.75. The van der Waals surface area contributed by atoms with Crippen LogP contribution in [0.25, 0.3) is 22.5 Å². The molecule has 156 valence electrons. The van der Waals surface area contributed by atoms with Crippen LogP contribution in [-0.2, 0) is 11.2 Å². The summed E-state index contributed by atoms with van der Waals surface area (Å²) in [6.07, 6.45) is 0.440. The van der Waals surface area contributed by atoms with Crippen molar-refractivity contribution in [2.75, 3.05) is 18.1 Å². The van der Waals surface area contributed by atoms with Crippen LogP contribution in [0.2, 0.25) is 0 Å². The van der Waals surface area contributed by atoms with Crippen LogP contribution in [0.15, 0.2) is 47.3 Å². The van der Waals surface area contributed by atoms with E-state index in [-0.39, 0.29) is 17.3 Å². The average Bonchev–Trinajstić information content (AvgIpc) is 2.72. The van der Waals surface area contributed by atoms with Gasteiger partial charge in [-0.15, -0.1) is 0 Å². The number of nitrogens with one attached hydrogen (secondary N) is 1. The topological polar surface area (TPSA) is 144 Å². The summed E-state index contributed by atoms with van der Waals surface area (Å²) < 4.78 is 5.78. The van der Waals surface area contributed by atoms with Crippen LogP contribution < -0.4 is 21.8 Å². The minimum absolute atomic E-state index is 0.0412. The number of aromatic amines is 1. The fourth-order valence-electron chi connectivity index (χ4n) is 3.12. The second-order valence-electron chi connectivity index (χ2n) is 7.00. The van der Waals surface area contributed by atoms with Crippen molar-refractivity contribution in [1.82, 2.24) is 9.97 Å². The number of carboxylic acids is 1. The smallest absolute Gasteiger partial charge is 0.306 e. The van der Waals surface area contributed by atoms with Crippen molar-refractivity contribution in [3.63, 3.8) is 0 Å². The first-order valence-corrected chi connectivity index (χ1v) is 9.54. The van der Waals surface area contributed by atoms with E-state index < -0.39 is 17.4 Å². The molecule has 0 aliphatic carbocycles. The zero-order valence-corrected chi connectivity index (χ0v) is 16.8. The van der Waals surface area contributed by atoms with Gasteiger partial charge in [-0.2, -0.15) is 0 Å². The third kappa shape index (κ3) is 4.43. The molecule has 6 N–H and O–H groups in total. The van der Waals surface area contributed by atoms with Gasteiger partial charge < -0.3 is 26.3 Å². The first kappa shape index (κ1) is 20.9. The highest BCUT2D eigenvalue weighted by atomic mass is 16.5. The first-order chi connectivity index (χ1) is 14.3. The molecule has 0 spiro atoms. The summed E-state index contributed by atoms with van der Waals surface area (Å²) in [5.41, 5.74) is 14.0. The van der Waals surface area contributed by atoms with Gasteiger partial charge in [-0.3, -0.25) is 9.59 Å². The number of H-pyrrole nitrogens is 1. The van der Waals surface area contributed by atoms with E-state index in [2.05, 4.69) is 9.97 Å². The average molecular weight is 408 g/mol. The second kappa shape index (κ2) is 8.69. The number of carboxylic acid groups (broad SMARTS) is 1. The molecular formula is C22H24N4O4. The molecule has 0 radical (unpaired) electrons. The predicted molar refractivity (Wildman–Crippen MR) is 116 cm³/mol. The molecule has 8 nitrogen and oxygen atoms in total. The van der Waals surface area contributed by atoms with Gasteiger partial charge in [0.1, 0.15) is 17.3 Å². The number of ether oxygens (including phenoxy) is 1. The van der Waals surface area contributed by atoms with Crippen LogP contribution in [0.3, 0.4) is 0 Å². The van der Waals surface area contributed by atoms with E-state index in [1.807, 2.05) is 43.3 Å². The molecule has 8 heteroatoms. The lowest BCUT2D eigenvalue weighted by Crippen LogP contribution is -2.17. The molecule has 0 aliphatic heterocycles. The standard InChI is InChI=1S/C22H24N4O4/c1-3-30-17-11-15(14-6-4-5-13(10-14)9-12(2)22(28)29)7-8-16(17)20-25-19(24)18(23)21(27)26-20/h4-8,10-12H,3,9,23H2,1-2H3,(H,28,29)(H3,24,25,26,27). The van der Waals surface area contributed by atoms with Crippen LogP contribution in [0, 0.1) is 5.92 Å². The first-order valence-electron chi connectivity index (χ1n) is 9.54. The van der Waals surface area contributed by atoms with E-state index in [0.29, 0.717) is 24.3 Å². The lowest BCUT2D eigenvalue weighted by atomic mass is 9.96. The molecule has 0 bridgehead atoms. The van der Waals surface area contributed by atoms with Crippen LogP contribution in [-0.4, -0.2) is 27.7 Å². The van der Waals surface area contributed by atoms with Gasteiger partial charge in [-0.1, -0.05) is 37.3 Å². The molecule has 1 unspecified atom stereocenters. The molecule has 1 aromatic heterocycles. The molecular weight excluding hydrogens is 384 g/mol. The second-order valence-corrected chi connectivity index (χ2v) is 7.00. The Bertz CT molecular complexity index is 1140. The van der Waals surface area contributed by atoms with Crippen molar-refractivity contribution in [3.8, 4) is 28.3 Å². The molecule has 2 aromatic carbocycles. The van der Waals surface area contributed by atoms with E-state index in [4.69, 9.17) is 21.3 Å². The number of rotatable bonds is 7. The van der Waals surface area contributed by atoms with Crippen LogP contribution in [0.4, 0.5) is 11.5 Å². The van der Waals surface area contributed by atoms with E-state index in [0.717, 1.165) is 16.7 Å². The molecule has 0 fully saturated rings. The third-order valence-corrected chi connectivity index (χ3v) is 4.75. The highest BCUT2D eigenvalue weighted by Crippen LogP contribution is 2.33. The normalized spacial score (nSPS) is 11.8. The highest BCUT2D eigenvalue weighted by molar-refractivity contribution is 5.75. The van der Waals surface area contributed by atoms with E-state index in [1.165, 1.54) is 0 Å². The Hall–Kier alpha value is -3.81. The number of nitrogen functional groups attached to an aromatic ring is 2. The Morgan fingerprint density at radius 2 is 1.93 bits per heavy atom. The molecule has 0 saturated heterocycles. The van der Waals surface area contributed by atoms with Crippen molar-refractivity contribution in [2.45, 2.75) is 20.3 Å². The number of aromatic nitrogens is 2. The number of carbonyl (C=O) groups is 1. The van der Waals surface area contributed by atoms with Crippen LogP contribution >= 0.6 is 0 Å². The van der Waals surface area contributed by atoms with E-state index >= 15 is 0 Å². The zero-order valence-electron chi connectivity index (χ0n) is 16.8. The lowest BCUT2D eigenvalue weighted by molar-refractivity contribution is -0.141. The number of anilines is 2. The van der Waals surface area contributed by atoms with Gasteiger partial charge in [-0.05, 0) is 42.2 Å². The Balaban J connectivity index is 2.02. The number of aliphatic carboxylic acids is 1. The maximum atomic E-state index is 12.0. The van der Waals surface area contributed by atoms with Crippen molar-refractivity contribution in [3.05, 3.63) is 58.4 Å². The van der Waals surface area contributed by atoms with Gasteiger partial charge in [0.25, 0.3) is 5.56 Å². The van der Waals surface area contributed by atoms with Crippen molar-refractivity contribution < 1.29 is 14.6 Å². The largest absolute Gasteiger partial charge is 0.493 e. The maximum Gasteiger partial charge on any atom is 0.306 e. The summed E-state index contributed by atoms with van der Waals surface area (Å²) in [7, 11) is 0. The van der Waals surface area contributed by atoms with Gasteiger partial charge >= 0.3 is 5.97 Å². The molecule has 3 aromatic rings. The van der Waals surface area contributed by atoms with Crippen molar-refractivity contribution in [1.29, 1.82) is 0 Å². The van der Waals surface area contributed by atoms with E-state index in [1.54, 1.807) is 13.0 Å². The summed E-state index contributed by atoms with van der Waals surface area (Å²) in [6.45, 7) is 3.96. The van der Waals surface area contributed by atoms with Gasteiger partial charge in [0.2, 0.25) is 0 Å². The Morgan fingerprint density at radius 3 is 2.60 bits per heavy atom. The molecule has 0 saturated carbocycles. The molecule has 3 rings (SSSR count). The molecule has 30 heavy (non-hydrogen) atoms. The Labute approximate surface area is 173 Å². The number of benzene rings is 2. The van der Waals surface area contributed by atoms with Gasteiger partial charge in [0.05, 0.1) is 18.1 Å². The number of hydrogen-bond donors (Lipinski definition) is 4. The molecule has 0 aliphatic rings. The quantitative estimate of drug-likeness (QED) is 0.470. The summed E-state index contributed by atoms with van der Waals surface area (Å²) in [4.78, 5) is 29.9. The summed E-state index contributed by atoms with van der Waals surface area (Å²) in [6, 6.07) is 13.2. The number of hydrogen-bond acceptors (Lipinski definition) is 6. The van der Waals surface area contributed by atoms with Crippen LogP contribution in [0.5, 0.6) is 5.75 Å². The number of nitrogens with two attached hydrogens (primary N) is 2. The fourth-order valence-corrected chi connectivity index (χ4v) is 3.12. The number of nitrogens with zero attached hydrogens (tertiary/aromatic N) is 1. The van der Waals surface area contributed by atoms with Gasteiger partial charge in [0.15, 0.2) is 5.82 Å². The minimum atomic E-state index is -0.826. The predicted octanol–water partition coefficient (Wildman–Crippen LogP) is 2.93. The van der Waals surface area contributed by atoms with Crippen molar-refractivity contribution in [2.24, 2.45) is 5.92 Å². The summed E-state index contributed by atoms with van der Waals surface area (Å²) in [5.74, 6) is -0.536. The van der Waals surface area contributed by atoms with Gasteiger partial charge in [0, 0.05) is 0 Å².